The molecule has 100 valence electrons. The summed E-state index contributed by atoms with van der Waals surface area (Å²) in [6.45, 7) is 6.47. The van der Waals surface area contributed by atoms with Gasteiger partial charge in [-0.25, -0.2) is 4.98 Å². The van der Waals surface area contributed by atoms with Gasteiger partial charge in [-0.2, -0.15) is 0 Å². The number of benzene rings is 1. The van der Waals surface area contributed by atoms with Gasteiger partial charge in [0.25, 0.3) is 0 Å². The molecule has 0 atom stereocenters. The summed E-state index contributed by atoms with van der Waals surface area (Å²) < 4.78 is 1.95. The molecule has 3 rings (SSSR count). The second kappa shape index (κ2) is 4.68. The molecule has 1 fully saturated rings. The van der Waals surface area contributed by atoms with Gasteiger partial charge < -0.3 is 9.47 Å². The monoisotopic (exact) mass is 257 g/mol. The number of carbonyl (C=O) groups excluding carboxylic acids is 1. The van der Waals surface area contributed by atoms with E-state index in [0.717, 1.165) is 30.5 Å². The van der Waals surface area contributed by atoms with Crippen LogP contribution in [0.3, 0.4) is 0 Å². The van der Waals surface area contributed by atoms with E-state index >= 15 is 0 Å². The van der Waals surface area contributed by atoms with Crippen LogP contribution >= 0.6 is 0 Å². The minimum absolute atomic E-state index is 0.200. The minimum atomic E-state index is 0.200. The zero-order valence-corrected chi connectivity index (χ0v) is 11.5. The second-order valence-electron chi connectivity index (χ2n) is 5.44. The Bertz CT molecular complexity index is 611. The Morgan fingerprint density at radius 3 is 2.95 bits per heavy atom. The summed E-state index contributed by atoms with van der Waals surface area (Å²) in [4.78, 5) is 18.4. The van der Waals surface area contributed by atoms with E-state index in [-0.39, 0.29) is 5.91 Å². The lowest BCUT2D eigenvalue weighted by molar-refractivity contribution is -0.138. The molecule has 0 aliphatic carbocycles. The van der Waals surface area contributed by atoms with Gasteiger partial charge in [-0.3, -0.25) is 4.79 Å². The third-order valence-corrected chi connectivity index (χ3v) is 3.97. The number of aromatic nitrogens is 2. The van der Waals surface area contributed by atoms with Crippen LogP contribution in [0, 0.1) is 12.8 Å². The number of nitrogens with zero attached hydrogens (tertiary/aromatic N) is 3. The molecule has 2 aromatic rings. The molecule has 0 bridgehead atoms. The first-order valence-corrected chi connectivity index (χ1v) is 6.86. The molecule has 0 radical (unpaired) electrons. The number of imidazole rings is 1. The molecule has 0 spiro atoms. The van der Waals surface area contributed by atoms with Crippen LogP contribution in [0.2, 0.25) is 0 Å². The summed E-state index contributed by atoms with van der Waals surface area (Å²) in [7, 11) is 0. The molecule has 1 aliphatic heterocycles. The van der Waals surface area contributed by atoms with Gasteiger partial charge in [0.15, 0.2) is 0 Å². The number of carbonyl (C=O) groups is 1. The zero-order chi connectivity index (χ0) is 13.4. The highest BCUT2D eigenvalue weighted by Crippen LogP contribution is 2.20. The summed E-state index contributed by atoms with van der Waals surface area (Å²) in [6.07, 6.45) is 2.93. The Balaban J connectivity index is 1.75. The molecule has 0 saturated carbocycles. The van der Waals surface area contributed by atoms with E-state index in [2.05, 4.69) is 24.9 Å². The predicted molar refractivity (Wildman–Crippen MR) is 74.8 cm³/mol. The highest BCUT2D eigenvalue weighted by molar-refractivity contribution is 5.81. The fourth-order valence-electron chi connectivity index (χ4n) is 2.57. The van der Waals surface area contributed by atoms with Crippen LogP contribution in [0.15, 0.2) is 24.5 Å². The number of aryl methyl sites for hydroxylation is 1. The van der Waals surface area contributed by atoms with Crippen molar-refractivity contribution in [2.45, 2.75) is 26.8 Å². The molecule has 4 heteroatoms. The number of hydrogen-bond donors (Lipinski definition) is 0. The van der Waals surface area contributed by atoms with Crippen LogP contribution in [0.4, 0.5) is 0 Å². The first kappa shape index (κ1) is 12.2. The first-order chi connectivity index (χ1) is 9.17. The fourth-order valence-corrected chi connectivity index (χ4v) is 2.57. The van der Waals surface area contributed by atoms with E-state index in [4.69, 9.17) is 0 Å². The van der Waals surface area contributed by atoms with Gasteiger partial charge in [0.2, 0.25) is 5.91 Å². The largest absolute Gasteiger partial charge is 0.340 e. The summed E-state index contributed by atoms with van der Waals surface area (Å²) in [5.74, 6) is 0.899. The highest BCUT2D eigenvalue weighted by atomic mass is 16.2. The topological polar surface area (TPSA) is 38.1 Å². The average molecular weight is 257 g/mol. The molecule has 0 N–H and O–H groups in total. The zero-order valence-electron chi connectivity index (χ0n) is 11.5. The molecular formula is C15H19N3O. The van der Waals surface area contributed by atoms with Crippen molar-refractivity contribution < 1.29 is 4.79 Å². The Labute approximate surface area is 113 Å². The van der Waals surface area contributed by atoms with Crippen LogP contribution in [0.1, 0.15) is 18.9 Å². The van der Waals surface area contributed by atoms with Gasteiger partial charge in [-0.15, -0.1) is 0 Å². The van der Waals surface area contributed by atoms with Crippen LogP contribution in [-0.2, 0) is 11.3 Å². The molecule has 1 aliphatic rings. The normalized spacial score (nSPS) is 15.8. The van der Waals surface area contributed by atoms with Gasteiger partial charge in [0.1, 0.15) is 6.54 Å². The summed E-state index contributed by atoms with van der Waals surface area (Å²) >= 11 is 0. The Morgan fingerprint density at radius 1 is 1.42 bits per heavy atom. The lowest BCUT2D eigenvalue weighted by atomic mass is 9.97. The van der Waals surface area contributed by atoms with Crippen molar-refractivity contribution in [1.82, 2.24) is 14.5 Å². The number of fused-ring (bicyclic) bond motifs is 1. The summed E-state index contributed by atoms with van der Waals surface area (Å²) in [5, 5.41) is 0. The summed E-state index contributed by atoms with van der Waals surface area (Å²) in [6, 6.07) is 6.13. The second-order valence-corrected chi connectivity index (χ2v) is 5.44. The van der Waals surface area contributed by atoms with Gasteiger partial charge in [-0.1, -0.05) is 13.0 Å². The SMILES string of the molecule is CCC1CN(C(=O)Cn2cnc3ccc(C)cc32)C1. The van der Waals surface area contributed by atoms with Crippen LogP contribution in [-0.4, -0.2) is 33.4 Å². The smallest absolute Gasteiger partial charge is 0.242 e. The van der Waals surface area contributed by atoms with Crippen molar-refractivity contribution >= 4 is 16.9 Å². The Morgan fingerprint density at radius 2 is 2.21 bits per heavy atom. The lowest BCUT2D eigenvalue weighted by Crippen LogP contribution is -2.50. The molecule has 19 heavy (non-hydrogen) atoms. The van der Waals surface area contributed by atoms with Crippen LogP contribution in [0.25, 0.3) is 11.0 Å². The van der Waals surface area contributed by atoms with E-state index in [1.807, 2.05) is 21.6 Å². The van der Waals surface area contributed by atoms with E-state index < -0.39 is 0 Å². The Kier molecular flexibility index (Phi) is 3.01. The van der Waals surface area contributed by atoms with Crippen molar-refractivity contribution in [3.05, 3.63) is 30.1 Å². The van der Waals surface area contributed by atoms with Crippen molar-refractivity contribution in [1.29, 1.82) is 0 Å². The minimum Gasteiger partial charge on any atom is -0.340 e. The van der Waals surface area contributed by atoms with Crippen molar-refractivity contribution in [2.75, 3.05) is 13.1 Å². The summed E-state index contributed by atoms with van der Waals surface area (Å²) in [5.41, 5.74) is 3.19. The molecule has 0 unspecified atom stereocenters. The van der Waals surface area contributed by atoms with E-state index in [1.54, 1.807) is 6.33 Å². The molecule has 1 aromatic carbocycles. The molecule has 4 nitrogen and oxygen atoms in total. The molecule has 1 amide bonds. The van der Waals surface area contributed by atoms with Crippen molar-refractivity contribution in [2.24, 2.45) is 5.92 Å². The number of rotatable bonds is 3. The molecule has 1 aromatic heterocycles. The maximum atomic E-state index is 12.2. The fraction of sp³-hybridized carbons (Fsp3) is 0.467. The molecule has 1 saturated heterocycles. The average Bonchev–Trinajstić information content (AvgIpc) is 2.70. The number of hydrogen-bond acceptors (Lipinski definition) is 2. The Hall–Kier alpha value is -1.84. The highest BCUT2D eigenvalue weighted by Gasteiger charge is 2.29. The van der Waals surface area contributed by atoms with Crippen molar-refractivity contribution in [3.8, 4) is 0 Å². The van der Waals surface area contributed by atoms with Gasteiger partial charge in [0.05, 0.1) is 17.4 Å². The third kappa shape index (κ3) is 2.23. The van der Waals surface area contributed by atoms with E-state index in [1.165, 1.54) is 5.56 Å². The maximum absolute atomic E-state index is 12.2. The quantitative estimate of drug-likeness (QED) is 0.845. The molecule has 2 heterocycles. The standard InChI is InChI=1S/C15H19N3O/c1-3-12-7-17(8-12)15(19)9-18-10-16-13-5-4-11(2)6-14(13)18/h4-6,10,12H,3,7-9H2,1-2H3. The predicted octanol–water partition coefficient (Wildman–Crippen LogP) is 2.21. The van der Waals surface area contributed by atoms with E-state index in [9.17, 15) is 4.79 Å². The first-order valence-electron chi connectivity index (χ1n) is 6.86. The molecular weight excluding hydrogens is 238 g/mol. The third-order valence-electron chi connectivity index (χ3n) is 3.97. The van der Waals surface area contributed by atoms with Crippen molar-refractivity contribution in [3.63, 3.8) is 0 Å². The van der Waals surface area contributed by atoms with Crippen LogP contribution < -0.4 is 0 Å². The van der Waals surface area contributed by atoms with E-state index in [0.29, 0.717) is 12.5 Å². The number of likely N-dealkylation sites (tertiary alicyclic amines) is 1. The number of amides is 1. The van der Waals surface area contributed by atoms with Crippen LogP contribution in [0.5, 0.6) is 0 Å². The lowest BCUT2D eigenvalue weighted by Gasteiger charge is -2.39. The van der Waals surface area contributed by atoms with Gasteiger partial charge in [-0.05, 0) is 37.0 Å². The van der Waals surface area contributed by atoms with Gasteiger partial charge >= 0.3 is 0 Å². The maximum Gasteiger partial charge on any atom is 0.242 e. The van der Waals surface area contributed by atoms with Gasteiger partial charge in [0, 0.05) is 13.1 Å².